The number of hydrogen-bond donors (Lipinski definition) is 2. The molecule has 0 fully saturated rings. The van der Waals surface area contributed by atoms with E-state index in [2.05, 4.69) is 5.32 Å². The number of aromatic nitrogens is 2. The number of nitrogens with zero attached hydrogens (tertiary/aromatic N) is 2. The van der Waals surface area contributed by atoms with E-state index < -0.39 is 5.97 Å². The molecule has 0 aliphatic rings. The molecule has 6 nitrogen and oxygen atoms in total. The molecule has 0 aliphatic carbocycles. The number of hydrogen-bond acceptors (Lipinski definition) is 4. The van der Waals surface area contributed by atoms with E-state index in [9.17, 15) is 14.0 Å². The van der Waals surface area contributed by atoms with Crippen molar-refractivity contribution in [2.45, 2.75) is 32.2 Å². The van der Waals surface area contributed by atoms with Crippen LogP contribution in [0.3, 0.4) is 0 Å². The van der Waals surface area contributed by atoms with Gasteiger partial charge in [-0.05, 0) is 55.7 Å². The Hall–Kier alpha value is -4.13. The topological polar surface area (TPSA) is 92.2 Å². The second-order valence-corrected chi connectivity index (χ2v) is 8.08. The smallest absolute Gasteiger partial charge is 0.303 e. The minimum absolute atomic E-state index is 0.0394. The fourth-order valence-corrected chi connectivity index (χ4v) is 3.76. The van der Waals surface area contributed by atoms with Crippen molar-refractivity contribution >= 4 is 22.9 Å². The van der Waals surface area contributed by atoms with Crippen molar-refractivity contribution in [3.63, 3.8) is 0 Å². The number of amides is 1. The highest BCUT2D eigenvalue weighted by atomic mass is 19.1. The number of fused-ring (bicyclic) bond motifs is 1. The molecule has 1 amide bonds. The lowest BCUT2D eigenvalue weighted by molar-refractivity contribution is -0.137. The molecule has 1 atom stereocenters. The average molecular weight is 458 g/mol. The van der Waals surface area contributed by atoms with Crippen LogP contribution in [0.25, 0.3) is 22.3 Å². The lowest BCUT2D eigenvalue weighted by atomic mass is 10.0. The van der Waals surface area contributed by atoms with Gasteiger partial charge in [-0.15, -0.1) is 0 Å². The van der Waals surface area contributed by atoms with Crippen LogP contribution >= 0.6 is 0 Å². The number of benzene rings is 3. The summed E-state index contributed by atoms with van der Waals surface area (Å²) < 4.78 is 13.2. The Bertz CT molecular complexity index is 1320. The molecule has 4 rings (SSSR count). The predicted octanol–water partition coefficient (Wildman–Crippen LogP) is 5.33. The molecule has 172 valence electrons. The van der Waals surface area contributed by atoms with Crippen LogP contribution in [0.4, 0.5) is 4.39 Å². The first-order chi connectivity index (χ1) is 16.4. The largest absolute Gasteiger partial charge is 0.481 e. The SMILES string of the molecule is CC(NC(=O)c1ccc2nc(-c3ccccc3)c(CCCC(=O)O)nc2c1)c1ccc(F)cc1. The number of aliphatic carboxylic acids is 1. The maximum Gasteiger partial charge on any atom is 0.303 e. The van der Waals surface area contributed by atoms with Crippen molar-refractivity contribution < 1.29 is 19.1 Å². The van der Waals surface area contributed by atoms with Crippen molar-refractivity contribution in [2.24, 2.45) is 0 Å². The molecular weight excluding hydrogens is 433 g/mol. The first-order valence-electron chi connectivity index (χ1n) is 11.0. The van der Waals surface area contributed by atoms with Gasteiger partial charge in [-0.1, -0.05) is 42.5 Å². The van der Waals surface area contributed by atoms with Gasteiger partial charge in [-0.25, -0.2) is 14.4 Å². The molecule has 1 heterocycles. The standard InChI is InChI=1S/C27H24FN3O3/c1-17(18-10-13-21(28)14-11-18)29-27(34)20-12-15-22-24(16-20)30-23(8-5-9-25(32)33)26(31-22)19-6-3-2-4-7-19/h2-4,6-7,10-17H,5,8-9H2,1H3,(H,29,34)(H,32,33). The Morgan fingerprint density at radius 1 is 0.971 bits per heavy atom. The Morgan fingerprint density at radius 2 is 1.71 bits per heavy atom. The molecule has 1 unspecified atom stereocenters. The Kier molecular flexibility index (Phi) is 6.92. The lowest BCUT2D eigenvalue weighted by Crippen LogP contribution is -2.26. The second-order valence-electron chi connectivity index (χ2n) is 8.08. The summed E-state index contributed by atoms with van der Waals surface area (Å²) in [7, 11) is 0. The summed E-state index contributed by atoms with van der Waals surface area (Å²) >= 11 is 0. The highest BCUT2D eigenvalue weighted by Gasteiger charge is 2.15. The lowest BCUT2D eigenvalue weighted by Gasteiger charge is -2.15. The fourth-order valence-electron chi connectivity index (χ4n) is 3.76. The zero-order chi connectivity index (χ0) is 24.1. The van der Waals surface area contributed by atoms with E-state index in [4.69, 9.17) is 15.1 Å². The number of rotatable bonds is 8. The van der Waals surface area contributed by atoms with Gasteiger partial charge in [0, 0.05) is 17.5 Å². The Labute approximate surface area is 196 Å². The highest BCUT2D eigenvalue weighted by Crippen LogP contribution is 2.25. The molecule has 7 heteroatoms. The van der Waals surface area contributed by atoms with Crippen LogP contribution in [0.15, 0.2) is 72.8 Å². The average Bonchev–Trinajstić information content (AvgIpc) is 2.84. The molecule has 4 aromatic rings. The zero-order valence-electron chi connectivity index (χ0n) is 18.7. The summed E-state index contributed by atoms with van der Waals surface area (Å²) in [5.41, 5.74) is 4.73. The van der Waals surface area contributed by atoms with Crippen LogP contribution in [0, 0.1) is 5.82 Å². The summed E-state index contributed by atoms with van der Waals surface area (Å²) in [4.78, 5) is 33.4. The monoisotopic (exact) mass is 457 g/mol. The molecule has 3 aromatic carbocycles. The molecule has 0 bridgehead atoms. The molecule has 0 spiro atoms. The molecule has 0 aliphatic heterocycles. The zero-order valence-corrected chi connectivity index (χ0v) is 18.7. The maximum atomic E-state index is 13.2. The molecule has 0 radical (unpaired) electrons. The van der Waals surface area contributed by atoms with Gasteiger partial charge in [0.15, 0.2) is 0 Å². The van der Waals surface area contributed by atoms with Crippen LogP contribution in [0.2, 0.25) is 0 Å². The first kappa shape index (κ1) is 23.0. The third-order valence-corrected chi connectivity index (χ3v) is 5.57. The molecule has 0 saturated heterocycles. The van der Waals surface area contributed by atoms with Gasteiger partial charge >= 0.3 is 5.97 Å². The number of carboxylic acid groups (broad SMARTS) is 1. The molecule has 1 aromatic heterocycles. The number of carbonyl (C=O) groups excluding carboxylic acids is 1. The summed E-state index contributed by atoms with van der Waals surface area (Å²) in [6, 6.07) is 20.5. The second kappa shape index (κ2) is 10.2. The van der Waals surface area contributed by atoms with Gasteiger partial charge in [0.2, 0.25) is 0 Å². The van der Waals surface area contributed by atoms with Gasteiger partial charge in [0.1, 0.15) is 5.82 Å². The van der Waals surface area contributed by atoms with Crippen molar-refractivity contribution in [3.8, 4) is 11.3 Å². The predicted molar refractivity (Wildman–Crippen MR) is 128 cm³/mol. The third kappa shape index (κ3) is 5.43. The Balaban J connectivity index is 1.63. The molecule has 0 saturated carbocycles. The van der Waals surface area contributed by atoms with Gasteiger partial charge in [0.05, 0.1) is 28.5 Å². The van der Waals surface area contributed by atoms with E-state index in [0.717, 1.165) is 11.1 Å². The van der Waals surface area contributed by atoms with Crippen molar-refractivity contribution in [3.05, 3.63) is 95.4 Å². The van der Waals surface area contributed by atoms with Crippen LogP contribution < -0.4 is 5.32 Å². The number of carboxylic acids is 1. The summed E-state index contributed by atoms with van der Waals surface area (Å²) in [6.07, 6.45) is 0.930. The van der Waals surface area contributed by atoms with E-state index in [0.29, 0.717) is 40.8 Å². The first-order valence-corrected chi connectivity index (χ1v) is 11.0. The fraction of sp³-hybridized carbons (Fsp3) is 0.185. The number of aryl methyl sites for hydroxylation is 1. The van der Waals surface area contributed by atoms with Gasteiger partial charge in [-0.2, -0.15) is 0 Å². The third-order valence-electron chi connectivity index (χ3n) is 5.57. The van der Waals surface area contributed by atoms with Crippen molar-refractivity contribution in [1.29, 1.82) is 0 Å². The number of halogens is 1. The summed E-state index contributed by atoms with van der Waals surface area (Å²) in [5, 5.41) is 11.9. The molecule has 34 heavy (non-hydrogen) atoms. The highest BCUT2D eigenvalue weighted by molar-refractivity contribution is 5.97. The van der Waals surface area contributed by atoms with Crippen molar-refractivity contribution in [1.82, 2.24) is 15.3 Å². The maximum absolute atomic E-state index is 13.2. The van der Waals surface area contributed by atoms with E-state index in [1.165, 1.54) is 12.1 Å². The Morgan fingerprint density at radius 3 is 2.41 bits per heavy atom. The van der Waals surface area contributed by atoms with Gasteiger partial charge < -0.3 is 10.4 Å². The van der Waals surface area contributed by atoms with E-state index in [1.807, 2.05) is 37.3 Å². The van der Waals surface area contributed by atoms with Crippen molar-refractivity contribution in [2.75, 3.05) is 0 Å². The van der Waals surface area contributed by atoms with Gasteiger partial charge in [-0.3, -0.25) is 9.59 Å². The van der Waals surface area contributed by atoms with E-state index in [-0.39, 0.29) is 24.2 Å². The summed E-state index contributed by atoms with van der Waals surface area (Å²) in [5.74, 6) is -1.46. The quantitative estimate of drug-likeness (QED) is 0.373. The normalized spacial score (nSPS) is 11.8. The molecular formula is C27H24FN3O3. The van der Waals surface area contributed by atoms with E-state index in [1.54, 1.807) is 30.3 Å². The van der Waals surface area contributed by atoms with Crippen LogP contribution in [0.5, 0.6) is 0 Å². The number of nitrogens with one attached hydrogen (secondary N) is 1. The minimum atomic E-state index is -0.857. The number of carbonyl (C=O) groups is 2. The summed E-state index contributed by atoms with van der Waals surface area (Å²) in [6.45, 7) is 1.83. The molecule has 2 N–H and O–H groups in total. The van der Waals surface area contributed by atoms with Crippen LogP contribution in [0.1, 0.15) is 47.4 Å². The van der Waals surface area contributed by atoms with E-state index >= 15 is 0 Å². The van der Waals surface area contributed by atoms with Crippen LogP contribution in [-0.4, -0.2) is 27.0 Å². The van der Waals surface area contributed by atoms with Crippen LogP contribution in [-0.2, 0) is 11.2 Å². The minimum Gasteiger partial charge on any atom is -0.481 e. The van der Waals surface area contributed by atoms with Gasteiger partial charge in [0.25, 0.3) is 5.91 Å².